The van der Waals surface area contributed by atoms with Gasteiger partial charge in [0, 0.05) is 18.0 Å². The van der Waals surface area contributed by atoms with E-state index in [1.165, 1.54) is 5.56 Å². The lowest BCUT2D eigenvalue weighted by atomic mass is 9.87. The van der Waals surface area contributed by atoms with E-state index in [1.54, 1.807) is 21.3 Å². The minimum absolute atomic E-state index is 0.0344. The van der Waals surface area contributed by atoms with Crippen molar-refractivity contribution in [2.75, 3.05) is 34.4 Å². The molecule has 0 atom stereocenters. The Morgan fingerprint density at radius 2 is 1.66 bits per heavy atom. The van der Waals surface area contributed by atoms with Crippen LogP contribution < -0.4 is 19.5 Å². The summed E-state index contributed by atoms with van der Waals surface area (Å²) >= 11 is 0. The molecule has 1 amide bonds. The lowest BCUT2D eigenvalue weighted by Gasteiger charge is -2.30. The van der Waals surface area contributed by atoms with Crippen LogP contribution in [0.2, 0.25) is 0 Å². The third-order valence-electron chi connectivity index (χ3n) is 6.99. The fourth-order valence-corrected chi connectivity index (χ4v) is 4.67. The summed E-state index contributed by atoms with van der Waals surface area (Å²) in [7, 11) is 4.72. The lowest BCUT2D eigenvalue weighted by molar-refractivity contribution is -0.126. The maximum absolute atomic E-state index is 12.9. The molecular formula is C29H38N4O5. The molecule has 3 aromatic rings. The van der Waals surface area contributed by atoms with E-state index in [2.05, 4.69) is 53.3 Å². The van der Waals surface area contributed by atoms with Crippen molar-refractivity contribution >= 4 is 5.91 Å². The smallest absolute Gasteiger partial charge is 0.241 e. The summed E-state index contributed by atoms with van der Waals surface area (Å²) in [4.78, 5) is 19.7. The predicted molar refractivity (Wildman–Crippen MR) is 144 cm³/mol. The fourth-order valence-electron chi connectivity index (χ4n) is 4.67. The second kappa shape index (κ2) is 11.9. The number of nitrogens with zero attached hydrogens (tertiary/aromatic N) is 3. The minimum atomic E-state index is -0.0344. The van der Waals surface area contributed by atoms with Crippen LogP contribution in [0.15, 0.2) is 40.9 Å². The molecule has 1 saturated heterocycles. The quantitative estimate of drug-likeness (QED) is 0.436. The number of hydrogen-bond donors (Lipinski definition) is 1. The summed E-state index contributed by atoms with van der Waals surface area (Å²) < 4.78 is 21.7. The number of aromatic nitrogens is 2. The standard InChI is InChI=1S/C29H38N4O5/c1-29(2,3)22-9-7-20(8-10-22)27-31-25(38-32-27)18-33-13-11-21(12-14-33)28(34)30-17-19-15-23(35-4)26(37-6)24(16-19)36-5/h7-10,15-16,21H,11-14,17-18H2,1-6H3,(H,30,34). The summed E-state index contributed by atoms with van der Waals surface area (Å²) in [6.07, 6.45) is 1.55. The Bertz CT molecular complexity index is 1200. The molecule has 9 nitrogen and oxygen atoms in total. The van der Waals surface area contributed by atoms with Gasteiger partial charge in [-0.15, -0.1) is 0 Å². The van der Waals surface area contributed by atoms with Crippen molar-refractivity contribution < 1.29 is 23.5 Å². The highest BCUT2D eigenvalue weighted by Crippen LogP contribution is 2.38. The molecule has 1 aromatic heterocycles. The lowest BCUT2D eigenvalue weighted by Crippen LogP contribution is -2.40. The van der Waals surface area contributed by atoms with Crippen molar-refractivity contribution in [1.82, 2.24) is 20.4 Å². The zero-order chi connectivity index (χ0) is 27.3. The Kier molecular flexibility index (Phi) is 8.56. The summed E-state index contributed by atoms with van der Waals surface area (Å²) in [6, 6.07) is 12.0. The second-order valence-electron chi connectivity index (χ2n) is 10.6. The van der Waals surface area contributed by atoms with Gasteiger partial charge in [0.15, 0.2) is 11.5 Å². The van der Waals surface area contributed by atoms with E-state index in [1.807, 2.05) is 24.3 Å². The third-order valence-corrected chi connectivity index (χ3v) is 6.99. The minimum Gasteiger partial charge on any atom is -0.493 e. The Hall–Kier alpha value is -3.59. The Labute approximate surface area is 224 Å². The van der Waals surface area contributed by atoms with E-state index < -0.39 is 0 Å². The Morgan fingerprint density at radius 1 is 1.03 bits per heavy atom. The molecular weight excluding hydrogens is 484 g/mol. The van der Waals surface area contributed by atoms with Crippen molar-refractivity contribution in [3.05, 3.63) is 53.4 Å². The van der Waals surface area contributed by atoms with Crippen molar-refractivity contribution in [2.45, 2.75) is 52.1 Å². The molecule has 4 rings (SSSR count). The molecule has 204 valence electrons. The van der Waals surface area contributed by atoms with Crippen LogP contribution in [0.5, 0.6) is 17.2 Å². The van der Waals surface area contributed by atoms with Gasteiger partial charge in [-0.2, -0.15) is 4.98 Å². The number of amides is 1. The number of carbonyl (C=O) groups excluding carboxylic acids is 1. The van der Waals surface area contributed by atoms with Gasteiger partial charge < -0.3 is 24.1 Å². The van der Waals surface area contributed by atoms with E-state index in [4.69, 9.17) is 18.7 Å². The molecule has 2 aromatic carbocycles. The molecule has 1 aliphatic rings. The normalized spacial score (nSPS) is 14.8. The molecule has 1 aliphatic heterocycles. The summed E-state index contributed by atoms with van der Waals surface area (Å²) in [5.41, 5.74) is 3.18. The van der Waals surface area contributed by atoms with Gasteiger partial charge in [0.2, 0.25) is 23.4 Å². The second-order valence-corrected chi connectivity index (χ2v) is 10.6. The predicted octanol–water partition coefficient (Wildman–Crippen LogP) is 4.59. The van der Waals surface area contributed by atoms with Gasteiger partial charge in [0.25, 0.3) is 0 Å². The number of nitrogens with one attached hydrogen (secondary N) is 1. The molecule has 0 bridgehead atoms. The molecule has 9 heteroatoms. The topological polar surface area (TPSA) is 99.0 Å². The Balaban J connectivity index is 1.27. The molecule has 1 N–H and O–H groups in total. The van der Waals surface area contributed by atoms with Gasteiger partial charge >= 0.3 is 0 Å². The van der Waals surface area contributed by atoms with E-state index in [0.29, 0.717) is 42.1 Å². The summed E-state index contributed by atoms with van der Waals surface area (Å²) in [6.45, 7) is 9.12. The third kappa shape index (κ3) is 6.45. The van der Waals surface area contributed by atoms with Crippen LogP contribution in [0.1, 0.15) is 50.6 Å². The number of likely N-dealkylation sites (tertiary alicyclic amines) is 1. The van der Waals surface area contributed by atoms with E-state index in [-0.39, 0.29) is 17.2 Å². The van der Waals surface area contributed by atoms with Crippen LogP contribution in [0.4, 0.5) is 0 Å². The molecule has 0 radical (unpaired) electrons. The highest BCUT2D eigenvalue weighted by atomic mass is 16.5. The fraction of sp³-hybridized carbons (Fsp3) is 0.483. The number of methoxy groups -OCH3 is 3. The van der Waals surface area contributed by atoms with E-state index >= 15 is 0 Å². The van der Waals surface area contributed by atoms with E-state index in [0.717, 1.165) is 37.1 Å². The first-order valence-corrected chi connectivity index (χ1v) is 12.9. The number of ether oxygens (including phenoxy) is 3. The average Bonchev–Trinajstić information content (AvgIpc) is 3.39. The van der Waals surface area contributed by atoms with E-state index in [9.17, 15) is 4.79 Å². The van der Waals surface area contributed by atoms with Crippen LogP contribution in [0, 0.1) is 5.92 Å². The summed E-state index contributed by atoms with van der Waals surface area (Å²) in [5.74, 6) is 2.87. The maximum atomic E-state index is 12.9. The van der Waals surface area contributed by atoms with Gasteiger partial charge in [-0.1, -0.05) is 50.2 Å². The molecule has 0 aliphatic carbocycles. The molecule has 1 fully saturated rings. The molecule has 38 heavy (non-hydrogen) atoms. The SMILES string of the molecule is COc1cc(CNC(=O)C2CCN(Cc3nc(-c4ccc(C(C)(C)C)cc4)no3)CC2)cc(OC)c1OC. The molecule has 0 unspecified atom stereocenters. The van der Waals surface area contributed by atoms with Crippen molar-refractivity contribution in [3.63, 3.8) is 0 Å². The van der Waals surface area contributed by atoms with Crippen molar-refractivity contribution in [1.29, 1.82) is 0 Å². The number of rotatable bonds is 9. The molecule has 2 heterocycles. The van der Waals surface area contributed by atoms with Crippen LogP contribution in [-0.4, -0.2) is 55.4 Å². The van der Waals surface area contributed by atoms with Crippen LogP contribution in [-0.2, 0) is 23.3 Å². The maximum Gasteiger partial charge on any atom is 0.241 e. The summed E-state index contributed by atoms with van der Waals surface area (Å²) in [5, 5.41) is 7.23. The van der Waals surface area contributed by atoms with Gasteiger partial charge in [-0.25, -0.2) is 0 Å². The number of benzene rings is 2. The molecule has 0 saturated carbocycles. The molecule has 0 spiro atoms. The van der Waals surface area contributed by atoms with Crippen LogP contribution in [0.25, 0.3) is 11.4 Å². The highest BCUT2D eigenvalue weighted by Gasteiger charge is 2.26. The van der Waals surface area contributed by atoms with Crippen molar-refractivity contribution in [3.8, 4) is 28.6 Å². The number of piperidine rings is 1. The van der Waals surface area contributed by atoms with Crippen molar-refractivity contribution in [2.24, 2.45) is 5.92 Å². The van der Waals surface area contributed by atoms with Gasteiger partial charge in [0.05, 0.1) is 27.9 Å². The monoisotopic (exact) mass is 522 g/mol. The zero-order valence-corrected chi connectivity index (χ0v) is 23.2. The highest BCUT2D eigenvalue weighted by molar-refractivity contribution is 5.78. The average molecular weight is 523 g/mol. The zero-order valence-electron chi connectivity index (χ0n) is 23.2. The van der Waals surface area contributed by atoms with Gasteiger partial charge in [-0.05, 0) is 54.6 Å². The number of carbonyl (C=O) groups is 1. The van der Waals surface area contributed by atoms with Crippen LogP contribution >= 0.6 is 0 Å². The number of hydrogen-bond acceptors (Lipinski definition) is 8. The first-order chi connectivity index (χ1) is 18.2. The Morgan fingerprint density at radius 3 is 2.21 bits per heavy atom. The largest absolute Gasteiger partial charge is 0.493 e. The van der Waals surface area contributed by atoms with Gasteiger partial charge in [-0.3, -0.25) is 9.69 Å². The van der Waals surface area contributed by atoms with Gasteiger partial charge in [0.1, 0.15) is 0 Å². The first-order valence-electron chi connectivity index (χ1n) is 12.9. The first kappa shape index (κ1) is 27.4. The van der Waals surface area contributed by atoms with Crippen LogP contribution in [0.3, 0.4) is 0 Å².